The van der Waals surface area contributed by atoms with Gasteiger partial charge >= 0.3 is 0 Å². The second kappa shape index (κ2) is 7.97. The molecule has 1 saturated heterocycles. The van der Waals surface area contributed by atoms with Crippen molar-refractivity contribution in [3.63, 3.8) is 0 Å². The van der Waals surface area contributed by atoms with Gasteiger partial charge in [0.1, 0.15) is 6.33 Å². The molecule has 0 spiro atoms. The molecule has 1 aliphatic heterocycles. The number of carbonyl (C=O) groups excluding carboxylic acids is 2. The van der Waals surface area contributed by atoms with E-state index in [1.807, 2.05) is 16.5 Å². The zero-order valence-electron chi connectivity index (χ0n) is 15.4. The van der Waals surface area contributed by atoms with Crippen LogP contribution < -0.4 is 0 Å². The van der Waals surface area contributed by atoms with E-state index in [2.05, 4.69) is 17.1 Å². The Kier molecular flexibility index (Phi) is 5.71. The molecule has 7 nitrogen and oxygen atoms in total. The van der Waals surface area contributed by atoms with Crippen LogP contribution in [0.3, 0.4) is 0 Å². The number of hydrogen-bond acceptors (Lipinski definition) is 4. The first-order chi connectivity index (χ1) is 12.1. The lowest BCUT2D eigenvalue weighted by molar-refractivity contribution is -0.144. The Morgan fingerprint density at radius 3 is 2.80 bits per heavy atom. The van der Waals surface area contributed by atoms with Gasteiger partial charge in [-0.25, -0.2) is 0 Å². The molecule has 3 rings (SSSR count). The molecule has 1 aromatic rings. The van der Waals surface area contributed by atoms with Crippen molar-refractivity contribution in [1.29, 1.82) is 0 Å². The first-order valence-corrected chi connectivity index (χ1v) is 9.51. The number of amides is 2. The monoisotopic (exact) mass is 347 g/mol. The van der Waals surface area contributed by atoms with E-state index in [9.17, 15) is 9.59 Å². The van der Waals surface area contributed by atoms with Crippen molar-refractivity contribution in [1.82, 2.24) is 24.6 Å². The summed E-state index contributed by atoms with van der Waals surface area (Å²) < 4.78 is 2.00. The zero-order valence-corrected chi connectivity index (χ0v) is 15.4. The van der Waals surface area contributed by atoms with Crippen molar-refractivity contribution in [2.75, 3.05) is 13.6 Å². The minimum atomic E-state index is -0.0918. The van der Waals surface area contributed by atoms with E-state index in [1.165, 1.54) is 12.8 Å². The second-order valence-electron chi connectivity index (χ2n) is 7.35. The van der Waals surface area contributed by atoms with Crippen LogP contribution in [0.5, 0.6) is 0 Å². The minimum Gasteiger partial charge on any atom is -0.339 e. The molecule has 2 heterocycles. The summed E-state index contributed by atoms with van der Waals surface area (Å²) in [6.07, 6.45) is 8.44. The number of likely N-dealkylation sites (tertiary alicyclic amines) is 1. The van der Waals surface area contributed by atoms with Gasteiger partial charge < -0.3 is 14.4 Å². The van der Waals surface area contributed by atoms with Gasteiger partial charge in [-0.15, -0.1) is 10.2 Å². The summed E-state index contributed by atoms with van der Waals surface area (Å²) in [6.45, 7) is 4.01. The summed E-state index contributed by atoms with van der Waals surface area (Å²) in [4.78, 5) is 28.9. The first kappa shape index (κ1) is 17.9. The van der Waals surface area contributed by atoms with Gasteiger partial charge in [0.05, 0.1) is 12.5 Å². The van der Waals surface area contributed by atoms with E-state index in [0.29, 0.717) is 32.0 Å². The molecule has 1 saturated carbocycles. The molecular weight excluding hydrogens is 318 g/mol. The number of piperidine rings is 1. The SMILES string of the molecule is CCCn1cnnc1CN(C)C(=O)[C@H]1CCC(=O)N(C2CCCC2)C1. The van der Waals surface area contributed by atoms with E-state index in [0.717, 1.165) is 31.6 Å². The standard InChI is InChI=1S/C18H29N5O2/c1-3-10-22-13-19-20-16(22)12-21(2)18(25)14-8-9-17(24)23(11-14)15-6-4-5-7-15/h13-15H,3-12H2,1-2H3/t14-/m0/s1. The van der Waals surface area contributed by atoms with Gasteiger partial charge in [-0.3, -0.25) is 9.59 Å². The molecule has 138 valence electrons. The second-order valence-corrected chi connectivity index (χ2v) is 7.35. The lowest BCUT2D eigenvalue weighted by atomic mass is 9.94. The van der Waals surface area contributed by atoms with Gasteiger partial charge in [0, 0.05) is 32.6 Å². The largest absolute Gasteiger partial charge is 0.339 e. The summed E-state index contributed by atoms with van der Waals surface area (Å²) in [6, 6.07) is 0.348. The van der Waals surface area contributed by atoms with Gasteiger partial charge in [-0.05, 0) is 25.7 Å². The van der Waals surface area contributed by atoms with Crippen LogP contribution in [0.2, 0.25) is 0 Å². The maximum absolute atomic E-state index is 12.9. The Balaban J connectivity index is 1.61. The molecule has 7 heteroatoms. The zero-order chi connectivity index (χ0) is 17.8. The van der Waals surface area contributed by atoms with E-state index in [4.69, 9.17) is 0 Å². The highest BCUT2D eigenvalue weighted by Gasteiger charge is 2.36. The predicted octanol–water partition coefficient (Wildman–Crippen LogP) is 1.83. The van der Waals surface area contributed by atoms with Crippen molar-refractivity contribution in [3.8, 4) is 0 Å². The van der Waals surface area contributed by atoms with E-state index >= 15 is 0 Å². The van der Waals surface area contributed by atoms with E-state index in [1.54, 1.807) is 11.2 Å². The van der Waals surface area contributed by atoms with E-state index in [-0.39, 0.29) is 17.7 Å². The number of nitrogens with zero attached hydrogens (tertiary/aromatic N) is 5. The summed E-state index contributed by atoms with van der Waals surface area (Å²) in [7, 11) is 1.82. The van der Waals surface area contributed by atoms with Crippen LogP contribution in [0.15, 0.2) is 6.33 Å². The fourth-order valence-electron chi connectivity index (χ4n) is 4.07. The Labute approximate surface area is 149 Å². The van der Waals surface area contributed by atoms with Gasteiger partial charge in [-0.2, -0.15) is 0 Å². The van der Waals surface area contributed by atoms with Gasteiger partial charge in [0.15, 0.2) is 5.82 Å². The summed E-state index contributed by atoms with van der Waals surface area (Å²) in [5, 5.41) is 8.11. The predicted molar refractivity (Wildman–Crippen MR) is 93.5 cm³/mol. The molecule has 0 unspecified atom stereocenters. The van der Waals surface area contributed by atoms with Crippen molar-refractivity contribution < 1.29 is 9.59 Å². The molecule has 0 radical (unpaired) electrons. The average molecular weight is 347 g/mol. The molecule has 2 amide bonds. The van der Waals surface area contributed by atoms with Crippen molar-refractivity contribution in [2.24, 2.45) is 5.92 Å². The van der Waals surface area contributed by atoms with Crippen LogP contribution in [0.1, 0.15) is 57.7 Å². The van der Waals surface area contributed by atoms with Crippen LogP contribution >= 0.6 is 0 Å². The number of hydrogen-bond donors (Lipinski definition) is 0. The van der Waals surface area contributed by atoms with E-state index < -0.39 is 0 Å². The number of rotatable bonds is 6. The lowest BCUT2D eigenvalue weighted by Crippen LogP contribution is -2.49. The smallest absolute Gasteiger partial charge is 0.227 e. The molecule has 0 aromatic carbocycles. The van der Waals surface area contributed by atoms with Crippen molar-refractivity contribution >= 4 is 11.8 Å². The topological polar surface area (TPSA) is 71.3 Å². The van der Waals surface area contributed by atoms with Gasteiger partial charge in [-0.1, -0.05) is 19.8 Å². The lowest BCUT2D eigenvalue weighted by Gasteiger charge is -2.37. The molecule has 0 bridgehead atoms. The van der Waals surface area contributed by atoms with Gasteiger partial charge in [0.2, 0.25) is 11.8 Å². The Morgan fingerprint density at radius 1 is 1.32 bits per heavy atom. The quantitative estimate of drug-likeness (QED) is 0.787. The first-order valence-electron chi connectivity index (χ1n) is 9.51. The van der Waals surface area contributed by atoms with Crippen molar-refractivity contribution in [3.05, 3.63) is 12.2 Å². The van der Waals surface area contributed by atoms with Crippen LogP contribution in [-0.4, -0.2) is 56.0 Å². The highest BCUT2D eigenvalue weighted by molar-refractivity contribution is 5.84. The highest BCUT2D eigenvalue weighted by Crippen LogP contribution is 2.29. The molecule has 2 aliphatic rings. The van der Waals surface area contributed by atoms with Crippen LogP contribution in [-0.2, 0) is 22.7 Å². The molecule has 0 N–H and O–H groups in total. The Morgan fingerprint density at radius 2 is 2.08 bits per heavy atom. The number of aryl methyl sites for hydroxylation is 1. The van der Waals surface area contributed by atoms with Crippen LogP contribution in [0, 0.1) is 5.92 Å². The maximum atomic E-state index is 12.9. The van der Waals surface area contributed by atoms with Gasteiger partial charge in [0.25, 0.3) is 0 Å². The fourth-order valence-corrected chi connectivity index (χ4v) is 4.07. The molecular formula is C18H29N5O2. The Bertz CT molecular complexity index is 608. The van der Waals surface area contributed by atoms with Crippen LogP contribution in [0.25, 0.3) is 0 Å². The van der Waals surface area contributed by atoms with Crippen molar-refractivity contribution in [2.45, 2.75) is 71.0 Å². The third-order valence-corrected chi connectivity index (χ3v) is 5.47. The summed E-state index contributed by atoms with van der Waals surface area (Å²) in [5.41, 5.74) is 0. The molecule has 1 aromatic heterocycles. The molecule has 25 heavy (non-hydrogen) atoms. The van der Waals surface area contributed by atoms with Crippen LogP contribution in [0.4, 0.5) is 0 Å². The molecule has 2 fully saturated rings. The Hall–Kier alpha value is -1.92. The third kappa shape index (κ3) is 4.02. The average Bonchev–Trinajstić information content (AvgIpc) is 3.27. The summed E-state index contributed by atoms with van der Waals surface area (Å²) >= 11 is 0. The summed E-state index contributed by atoms with van der Waals surface area (Å²) in [5.74, 6) is 1.06. The normalized spacial score (nSPS) is 21.8. The third-order valence-electron chi connectivity index (χ3n) is 5.47. The highest BCUT2D eigenvalue weighted by atomic mass is 16.2. The number of aromatic nitrogens is 3. The maximum Gasteiger partial charge on any atom is 0.227 e. The molecule has 1 atom stereocenters. The minimum absolute atomic E-state index is 0.0918. The molecule has 1 aliphatic carbocycles. The fraction of sp³-hybridized carbons (Fsp3) is 0.778. The number of carbonyl (C=O) groups is 2.